The van der Waals surface area contributed by atoms with Gasteiger partial charge in [0, 0.05) is 18.7 Å². The van der Waals surface area contributed by atoms with Crippen molar-refractivity contribution < 1.29 is 0 Å². The van der Waals surface area contributed by atoms with Crippen molar-refractivity contribution in [3.05, 3.63) is 53.1 Å². The Morgan fingerprint density at radius 1 is 1.14 bits per heavy atom. The van der Waals surface area contributed by atoms with Gasteiger partial charge in [-0.1, -0.05) is 24.3 Å². The third-order valence-corrected chi connectivity index (χ3v) is 4.21. The van der Waals surface area contributed by atoms with Crippen LogP contribution in [0.5, 0.6) is 0 Å². The van der Waals surface area contributed by atoms with E-state index in [1.807, 2.05) is 0 Å². The van der Waals surface area contributed by atoms with E-state index < -0.39 is 0 Å². The van der Waals surface area contributed by atoms with Crippen LogP contribution in [0.4, 0.5) is 0 Å². The lowest BCUT2D eigenvalue weighted by molar-refractivity contribution is 0.795. The van der Waals surface area contributed by atoms with Gasteiger partial charge in [-0.3, -0.25) is 0 Å². The minimum Gasteiger partial charge on any atom is -0.326 e. The highest BCUT2D eigenvalue weighted by Crippen LogP contribution is 2.29. The van der Waals surface area contributed by atoms with Gasteiger partial charge in [-0.25, -0.2) is 4.98 Å². The second-order valence-corrected chi connectivity index (χ2v) is 5.45. The number of nitrogens with two attached hydrogens (primary N) is 1. The molecule has 3 heteroatoms. The highest BCUT2D eigenvalue weighted by Gasteiger charge is 2.14. The Balaban J connectivity index is 2.29. The summed E-state index contributed by atoms with van der Waals surface area (Å²) in [4.78, 5) is 4.87. The predicted molar refractivity (Wildman–Crippen MR) is 88.2 cm³/mol. The van der Waals surface area contributed by atoms with E-state index >= 15 is 0 Å². The molecule has 2 N–H and O–H groups in total. The monoisotopic (exact) mass is 279 g/mol. The van der Waals surface area contributed by atoms with E-state index in [1.165, 1.54) is 22.2 Å². The quantitative estimate of drug-likeness (QED) is 0.792. The Morgan fingerprint density at radius 2 is 1.95 bits per heavy atom. The number of imidazole rings is 1. The molecule has 0 saturated carbocycles. The van der Waals surface area contributed by atoms with Crippen LogP contribution in [0, 0.1) is 13.8 Å². The van der Waals surface area contributed by atoms with Gasteiger partial charge >= 0.3 is 0 Å². The van der Waals surface area contributed by atoms with Crippen molar-refractivity contribution >= 4 is 11.0 Å². The van der Waals surface area contributed by atoms with E-state index in [1.54, 1.807) is 0 Å². The summed E-state index contributed by atoms with van der Waals surface area (Å²) in [7, 11) is 0. The van der Waals surface area contributed by atoms with Crippen LogP contribution >= 0.6 is 0 Å². The van der Waals surface area contributed by atoms with Crippen LogP contribution in [0.1, 0.15) is 23.6 Å². The Kier molecular flexibility index (Phi) is 3.52. The Morgan fingerprint density at radius 3 is 2.67 bits per heavy atom. The lowest BCUT2D eigenvalue weighted by Crippen LogP contribution is -1.99. The van der Waals surface area contributed by atoms with Crippen molar-refractivity contribution in [1.29, 1.82) is 0 Å². The summed E-state index contributed by atoms with van der Waals surface area (Å²) in [6.07, 6.45) is 0. The molecule has 0 fully saturated rings. The van der Waals surface area contributed by atoms with Crippen molar-refractivity contribution in [3.8, 4) is 11.4 Å². The molecule has 0 spiro atoms. The molecule has 0 amide bonds. The van der Waals surface area contributed by atoms with Crippen LogP contribution in [0.3, 0.4) is 0 Å². The molecule has 0 aliphatic heterocycles. The van der Waals surface area contributed by atoms with Crippen LogP contribution in [0.2, 0.25) is 0 Å². The molecule has 3 rings (SSSR count). The fourth-order valence-electron chi connectivity index (χ4n) is 2.82. The molecule has 108 valence electrons. The molecule has 21 heavy (non-hydrogen) atoms. The third kappa shape index (κ3) is 2.24. The maximum absolute atomic E-state index is 5.74. The summed E-state index contributed by atoms with van der Waals surface area (Å²) in [6.45, 7) is 7.92. The maximum atomic E-state index is 5.74. The van der Waals surface area contributed by atoms with Crippen molar-refractivity contribution in [1.82, 2.24) is 9.55 Å². The molecule has 2 aromatic carbocycles. The average molecular weight is 279 g/mol. The summed E-state index contributed by atoms with van der Waals surface area (Å²) in [6, 6.07) is 12.7. The first-order chi connectivity index (χ1) is 10.2. The van der Waals surface area contributed by atoms with Gasteiger partial charge < -0.3 is 10.3 Å². The minimum atomic E-state index is 0.549. The van der Waals surface area contributed by atoms with Gasteiger partial charge in [0.1, 0.15) is 5.82 Å². The van der Waals surface area contributed by atoms with Gasteiger partial charge in [0.05, 0.1) is 11.0 Å². The Labute approximate surface area is 125 Å². The molecule has 0 saturated heterocycles. The van der Waals surface area contributed by atoms with Gasteiger partial charge in [0.2, 0.25) is 0 Å². The Hall–Kier alpha value is -2.13. The molecule has 0 aliphatic rings. The molecule has 1 aromatic heterocycles. The number of hydrogen-bond acceptors (Lipinski definition) is 2. The van der Waals surface area contributed by atoms with Crippen molar-refractivity contribution in [2.24, 2.45) is 5.73 Å². The third-order valence-electron chi connectivity index (χ3n) is 4.21. The number of aromatic nitrogens is 2. The maximum Gasteiger partial charge on any atom is 0.141 e. The van der Waals surface area contributed by atoms with E-state index in [0.717, 1.165) is 23.4 Å². The van der Waals surface area contributed by atoms with Crippen molar-refractivity contribution in [2.75, 3.05) is 0 Å². The van der Waals surface area contributed by atoms with Crippen LogP contribution in [-0.4, -0.2) is 9.55 Å². The number of hydrogen-bond donors (Lipinski definition) is 1. The first-order valence-electron chi connectivity index (χ1n) is 7.41. The molecule has 3 aromatic rings. The fraction of sp³-hybridized carbons (Fsp3) is 0.278. The van der Waals surface area contributed by atoms with E-state index in [4.69, 9.17) is 10.7 Å². The van der Waals surface area contributed by atoms with E-state index in [-0.39, 0.29) is 0 Å². The highest BCUT2D eigenvalue weighted by atomic mass is 15.1. The smallest absolute Gasteiger partial charge is 0.141 e. The minimum absolute atomic E-state index is 0.549. The van der Waals surface area contributed by atoms with Gasteiger partial charge in [-0.15, -0.1) is 0 Å². The summed E-state index contributed by atoms with van der Waals surface area (Å²) in [5.41, 5.74) is 12.9. The molecule has 0 unspecified atom stereocenters. The summed E-state index contributed by atoms with van der Waals surface area (Å²) < 4.78 is 2.28. The summed E-state index contributed by atoms with van der Waals surface area (Å²) in [5, 5.41) is 0. The molecule has 0 aliphatic carbocycles. The highest BCUT2D eigenvalue weighted by molar-refractivity contribution is 5.82. The lowest BCUT2D eigenvalue weighted by atomic mass is 10.0. The zero-order valence-corrected chi connectivity index (χ0v) is 12.9. The standard InChI is InChI=1S/C18H21N3/c1-4-21-17-9-8-14(11-19)10-16(17)20-18(21)15-7-5-6-12(2)13(15)3/h5-10H,4,11,19H2,1-3H3. The number of benzene rings is 2. The van der Waals surface area contributed by atoms with Crippen LogP contribution in [0.25, 0.3) is 22.4 Å². The zero-order valence-electron chi connectivity index (χ0n) is 12.9. The van der Waals surface area contributed by atoms with E-state index in [9.17, 15) is 0 Å². The summed E-state index contributed by atoms with van der Waals surface area (Å²) in [5.74, 6) is 1.04. The van der Waals surface area contributed by atoms with Crippen LogP contribution in [-0.2, 0) is 13.1 Å². The molecule has 3 nitrogen and oxygen atoms in total. The topological polar surface area (TPSA) is 43.8 Å². The van der Waals surface area contributed by atoms with E-state index in [0.29, 0.717) is 6.54 Å². The number of fused-ring (bicyclic) bond motifs is 1. The Bertz CT molecular complexity index is 800. The SMILES string of the molecule is CCn1c(-c2cccc(C)c2C)nc2cc(CN)ccc21. The molecular formula is C18H21N3. The molecule has 1 heterocycles. The molecule has 0 radical (unpaired) electrons. The van der Waals surface area contributed by atoms with Gasteiger partial charge in [0.25, 0.3) is 0 Å². The first-order valence-corrected chi connectivity index (χ1v) is 7.41. The van der Waals surface area contributed by atoms with Gasteiger partial charge in [0.15, 0.2) is 0 Å². The predicted octanol–water partition coefficient (Wildman–Crippen LogP) is 3.80. The number of nitrogens with zero attached hydrogens (tertiary/aromatic N) is 2. The van der Waals surface area contributed by atoms with Gasteiger partial charge in [-0.05, 0) is 49.6 Å². The van der Waals surface area contributed by atoms with Crippen LogP contribution < -0.4 is 5.73 Å². The van der Waals surface area contributed by atoms with Gasteiger partial charge in [-0.2, -0.15) is 0 Å². The molecule has 0 bridgehead atoms. The summed E-state index contributed by atoms with van der Waals surface area (Å²) >= 11 is 0. The fourth-order valence-corrected chi connectivity index (χ4v) is 2.82. The lowest BCUT2D eigenvalue weighted by Gasteiger charge is -2.10. The normalized spacial score (nSPS) is 11.2. The van der Waals surface area contributed by atoms with Crippen LogP contribution in [0.15, 0.2) is 36.4 Å². The molecular weight excluding hydrogens is 258 g/mol. The largest absolute Gasteiger partial charge is 0.326 e. The second-order valence-electron chi connectivity index (χ2n) is 5.45. The van der Waals surface area contributed by atoms with Crippen molar-refractivity contribution in [2.45, 2.75) is 33.9 Å². The number of rotatable bonds is 3. The van der Waals surface area contributed by atoms with E-state index in [2.05, 4.69) is 61.7 Å². The zero-order chi connectivity index (χ0) is 15.0. The molecule has 0 atom stereocenters. The van der Waals surface area contributed by atoms with Crippen molar-refractivity contribution in [3.63, 3.8) is 0 Å². The first kappa shape index (κ1) is 13.8. The number of aryl methyl sites for hydroxylation is 2. The average Bonchev–Trinajstić information content (AvgIpc) is 2.87. The second kappa shape index (κ2) is 5.34.